The maximum Gasteiger partial charge on any atom is 0.156 e. The van der Waals surface area contributed by atoms with E-state index in [1.165, 1.54) is 0 Å². The summed E-state index contributed by atoms with van der Waals surface area (Å²) in [6.45, 7) is 1.68. The van der Waals surface area contributed by atoms with Crippen LogP contribution in [0.3, 0.4) is 0 Å². The third-order valence-electron chi connectivity index (χ3n) is 5.38. The highest BCUT2D eigenvalue weighted by molar-refractivity contribution is 5.63. The Morgan fingerprint density at radius 3 is 2.03 bits per heavy atom. The van der Waals surface area contributed by atoms with Crippen LogP contribution in [0.1, 0.15) is 17.3 Å². The molecule has 0 aliphatic heterocycles. The Hall–Kier alpha value is -4.50. The minimum atomic E-state index is 0.549. The fourth-order valence-corrected chi connectivity index (χ4v) is 3.69. The topological polar surface area (TPSA) is 106 Å². The average molecular weight is 465 g/mol. The van der Waals surface area contributed by atoms with Crippen molar-refractivity contribution < 1.29 is 4.74 Å². The summed E-state index contributed by atoms with van der Waals surface area (Å²) < 4.78 is 5.24. The summed E-state index contributed by atoms with van der Waals surface area (Å²) in [6, 6.07) is 17.4. The molecule has 5 aromatic rings. The van der Waals surface area contributed by atoms with Crippen LogP contribution < -0.4 is 4.74 Å². The van der Waals surface area contributed by atoms with Gasteiger partial charge in [0.05, 0.1) is 37.8 Å². The molecule has 0 aliphatic rings. The SMILES string of the molecule is COc1ccc(-c2cnc(-c3cccc(CN(Cc4ncccn4)Cc4ncccn4)n3)[nH]2)cc1. The summed E-state index contributed by atoms with van der Waals surface area (Å²) in [4.78, 5) is 32.5. The van der Waals surface area contributed by atoms with E-state index in [4.69, 9.17) is 9.72 Å². The predicted molar refractivity (Wildman–Crippen MR) is 131 cm³/mol. The molecule has 4 heterocycles. The fourth-order valence-electron chi connectivity index (χ4n) is 3.69. The van der Waals surface area contributed by atoms with Crippen molar-refractivity contribution in [1.29, 1.82) is 0 Å². The Kier molecular flexibility index (Phi) is 6.77. The van der Waals surface area contributed by atoms with E-state index < -0.39 is 0 Å². The molecule has 174 valence electrons. The Morgan fingerprint density at radius 2 is 1.40 bits per heavy atom. The minimum absolute atomic E-state index is 0.549. The van der Waals surface area contributed by atoms with Gasteiger partial charge in [0.15, 0.2) is 5.82 Å². The Balaban J connectivity index is 1.36. The quantitative estimate of drug-likeness (QED) is 0.350. The van der Waals surface area contributed by atoms with Crippen molar-refractivity contribution in [2.45, 2.75) is 19.6 Å². The molecule has 0 saturated heterocycles. The van der Waals surface area contributed by atoms with Crippen LogP contribution in [0.25, 0.3) is 22.8 Å². The molecule has 35 heavy (non-hydrogen) atoms. The number of nitrogens with one attached hydrogen (secondary N) is 1. The number of pyridine rings is 1. The average Bonchev–Trinajstić information content (AvgIpc) is 3.41. The largest absolute Gasteiger partial charge is 0.497 e. The molecule has 0 amide bonds. The van der Waals surface area contributed by atoms with Gasteiger partial charge in [0, 0.05) is 31.3 Å². The van der Waals surface area contributed by atoms with Crippen LogP contribution in [0.5, 0.6) is 5.75 Å². The van der Waals surface area contributed by atoms with Crippen LogP contribution in [0.2, 0.25) is 0 Å². The number of hydrogen-bond acceptors (Lipinski definition) is 8. The molecule has 0 unspecified atom stereocenters. The zero-order valence-corrected chi connectivity index (χ0v) is 19.2. The van der Waals surface area contributed by atoms with Gasteiger partial charge in [-0.3, -0.25) is 4.90 Å². The number of benzene rings is 1. The van der Waals surface area contributed by atoms with Gasteiger partial charge in [0.1, 0.15) is 23.1 Å². The predicted octanol–water partition coefficient (Wildman–Crippen LogP) is 3.93. The third kappa shape index (κ3) is 5.71. The molecule has 0 bridgehead atoms. The number of ether oxygens (including phenoxy) is 1. The monoisotopic (exact) mass is 464 g/mol. The van der Waals surface area contributed by atoms with E-state index in [1.807, 2.05) is 60.8 Å². The maximum absolute atomic E-state index is 5.24. The van der Waals surface area contributed by atoms with Crippen LogP contribution in [0.4, 0.5) is 0 Å². The molecule has 0 atom stereocenters. The van der Waals surface area contributed by atoms with Crippen LogP contribution in [-0.4, -0.2) is 46.9 Å². The zero-order valence-electron chi connectivity index (χ0n) is 19.2. The molecule has 9 heteroatoms. The van der Waals surface area contributed by atoms with Crippen molar-refractivity contribution in [3.63, 3.8) is 0 Å². The van der Waals surface area contributed by atoms with Crippen LogP contribution in [0.15, 0.2) is 85.6 Å². The summed E-state index contributed by atoms with van der Waals surface area (Å²) in [5, 5.41) is 0. The van der Waals surface area contributed by atoms with Gasteiger partial charge in [-0.1, -0.05) is 6.07 Å². The summed E-state index contributed by atoms with van der Waals surface area (Å²) in [6.07, 6.45) is 8.80. The molecule has 5 rings (SSSR count). The molecule has 1 N–H and O–H groups in total. The van der Waals surface area contributed by atoms with Crippen molar-refractivity contribution in [2.24, 2.45) is 0 Å². The number of methoxy groups -OCH3 is 1. The third-order valence-corrected chi connectivity index (χ3v) is 5.38. The van der Waals surface area contributed by atoms with Crippen molar-refractivity contribution in [1.82, 2.24) is 39.8 Å². The van der Waals surface area contributed by atoms with Gasteiger partial charge in [-0.05, 0) is 54.1 Å². The molecular formula is C26H24N8O. The molecule has 9 nitrogen and oxygen atoms in total. The Labute approximate surface area is 203 Å². The summed E-state index contributed by atoms with van der Waals surface area (Å²) in [7, 11) is 1.66. The smallest absolute Gasteiger partial charge is 0.156 e. The lowest BCUT2D eigenvalue weighted by molar-refractivity contribution is 0.232. The number of H-pyrrole nitrogens is 1. The number of hydrogen-bond donors (Lipinski definition) is 1. The first-order chi connectivity index (χ1) is 17.3. The van der Waals surface area contributed by atoms with Crippen molar-refractivity contribution in [3.8, 4) is 28.5 Å². The second-order valence-corrected chi connectivity index (χ2v) is 7.86. The molecule has 0 saturated carbocycles. The van der Waals surface area contributed by atoms with E-state index in [0.717, 1.165) is 40.0 Å². The van der Waals surface area contributed by atoms with Crippen LogP contribution in [0, 0.1) is 0 Å². The molecule has 0 spiro atoms. The van der Waals surface area contributed by atoms with Gasteiger partial charge in [-0.2, -0.15) is 0 Å². The Bertz CT molecular complexity index is 1320. The van der Waals surface area contributed by atoms with E-state index in [9.17, 15) is 0 Å². The lowest BCUT2D eigenvalue weighted by Gasteiger charge is -2.20. The second-order valence-electron chi connectivity index (χ2n) is 7.86. The molecule has 0 aliphatic carbocycles. The van der Waals surface area contributed by atoms with E-state index in [-0.39, 0.29) is 0 Å². The summed E-state index contributed by atoms with van der Waals surface area (Å²) >= 11 is 0. The molecule has 0 radical (unpaired) electrons. The number of nitrogens with zero attached hydrogens (tertiary/aromatic N) is 7. The molecular weight excluding hydrogens is 440 g/mol. The van der Waals surface area contributed by atoms with Gasteiger partial charge < -0.3 is 9.72 Å². The van der Waals surface area contributed by atoms with Crippen molar-refractivity contribution in [3.05, 3.63) is 103 Å². The highest BCUT2D eigenvalue weighted by Gasteiger charge is 2.14. The van der Waals surface area contributed by atoms with E-state index in [0.29, 0.717) is 25.5 Å². The Morgan fingerprint density at radius 1 is 0.743 bits per heavy atom. The van der Waals surface area contributed by atoms with E-state index in [1.54, 1.807) is 31.9 Å². The summed E-state index contributed by atoms with van der Waals surface area (Å²) in [5.41, 5.74) is 3.61. The van der Waals surface area contributed by atoms with Gasteiger partial charge in [-0.25, -0.2) is 29.9 Å². The first-order valence-electron chi connectivity index (χ1n) is 11.2. The fraction of sp³-hybridized carbons (Fsp3) is 0.154. The zero-order chi connectivity index (χ0) is 23.9. The first-order valence-corrected chi connectivity index (χ1v) is 11.2. The number of rotatable bonds is 9. The van der Waals surface area contributed by atoms with Crippen molar-refractivity contribution >= 4 is 0 Å². The first kappa shape index (κ1) is 22.3. The van der Waals surface area contributed by atoms with E-state index in [2.05, 4.69) is 34.8 Å². The van der Waals surface area contributed by atoms with Crippen LogP contribution in [-0.2, 0) is 19.6 Å². The summed E-state index contributed by atoms with van der Waals surface area (Å²) in [5.74, 6) is 2.99. The number of imidazole rings is 1. The van der Waals surface area contributed by atoms with Gasteiger partial charge >= 0.3 is 0 Å². The molecule has 0 fully saturated rings. The van der Waals surface area contributed by atoms with Crippen LogP contribution >= 0.6 is 0 Å². The second kappa shape index (κ2) is 10.6. The van der Waals surface area contributed by atoms with Crippen molar-refractivity contribution in [2.75, 3.05) is 7.11 Å². The standard InChI is InChI=1S/C26H24N8O/c1-35-21-9-7-19(8-10-21)23-15-31-26(33-23)22-6-2-5-20(32-22)16-34(17-24-27-11-3-12-28-24)18-25-29-13-4-14-30-25/h2-15H,16-18H2,1H3,(H,31,33). The minimum Gasteiger partial charge on any atom is -0.497 e. The van der Waals surface area contributed by atoms with Gasteiger partial charge in [-0.15, -0.1) is 0 Å². The highest BCUT2D eigenvalue weighted by atomic mass is 16.5. The maximum atomic E-state index is 5.24. The number of aromatic nitrogens is 7. The van der Waals surface area contributed by atoms with Gasteiger partial charge in [0.25, 0.3) is 0 Å². The highest BCUT2D eigenvalue weighted by Crippen LogP contribution is 2.23. The normalized spacial score (nSPS) is 11.0. The molecule has 1 aromatic carbocycles. The number of aromatic amines is 1. The van der Waals surface area contributed by atoms with Gasteiger partial charge in [0.2, 0.25) is 0 Å². The van der Waals surface area contributed by atoms with E-state index >= 15 is 0 Å². The lowest BCUT2D eigenvalue weighted by atomic mass is 10.2. The molecule has 4 aromatic heterocycles. The lowest BCUT2D eigenvalue weighted by Crippen LogP contribution is -2.25.